The van der Waals surface area contributed by atoms with Crippen LogP contribution in [-0.4, -0.2) is 57.4 Å². The number of amides is 2. The van der Waals surface area contributed by atoms with Crippen molar-refractivity contribution in [1.82, 2.24) is 25.1 Å². The van der Waals surface area contributed by atoms with Crippen molar-refractivity contribution in [2.24, 2.45) is 5.73 Å². The Morgan fingerprint density at radius 3 is 2.76 bits per heavy atom. The predicted octanol–water partition coefficient (Wildman–Crippen LogP) is 2.18. The number of nitrogens with one attached hydrogen (secondary N) is 3. The van der Waals surface area contributed by atoms with E-state index in [-0.39, 0.29) is 34.8 Å². The van der Waals surface area contributed by atoms with E-state index in [9.17, 15) is 22.8 Å². The number of hydrogen-bond donors (Lipinski definition) is 4. The van der Waals surface area contributed by atoms with Crippen molar-refractivity contribution < 1.29 is 27.2 Å². The number of pyridine rings is 1. The first kappa shape index (κ1) is 23.2. The molecule has 14 heteroatoms. The zero-order valence-electron chi connectivity index (χ0n) is 17.7. The van der Waals surface area contributed by atoms with E-state index in [2.05, 4.69) is 31.0 Å². The highest BCUT2D eigenvalue weighted by molar-refractivity contribution is 6.07. The molecule has 1 aliphatic heterocycles. The molecule has 180 valence electrons. The lowest BCUT2D eigenvalue weighted by Gasteiger charge is -2.22. The molecule has 1 fully saturated rings. The van der Waals surface area contributed by atoms with Gasteiger partial charge in [-0.1, -0.05) is 0 Å². The summed E-state index contributed by atoms with van der Waals surface area (Å²) < 4.78 is 44.2. The van der Waals surface area contributed by atoms with Gasteiger partial charge in [0.1, 0.15) is 18.6 Å². The number of aromatic nitrogens is 4. The van der Waals surface area contributed by atoms with E-state index in [0.717, 1.165) is 32.2 Å². The lowest BCUT2D eigenvalue weighted by atomic mass is 10.1. The van der Waals surface area contributed by atoms with Gasteiger partial charge >= 0.3 is 6.18 Å². The molecule has 4 rings (SSSR count). The van der Waals surface area contributed by atoms with Crippen molar-refractivity contribution in [3.63, 3.8) is 0 Å². The summed E-state index contributed by atoms with van der Waals surface area (Å²) in [5, 5.41) is 12.2. The Kier molecular flexibility index (Phi) is 6.49. The topological polar surface area (TPSA) is 153 Å². The maximum atomic E-state index is 12.7. The lowest BCUT2D eigenvalue weighted by Crippen LogP contribution is -2.29. The van der Waals surface area contributed by atoms with E-state index in [1.165, 1.54) is 18.3 Å². The number of oxazole rings is 1. The minimum Gasteiger partial charge on any atom is -0.444 e. The van der Waals surface area contributed by atoms with E-state index in [1.54, 1.807) is 10.9 Å². The molecule has 0 radical (unpaired) electrons. The molecule has 3 aromatic heterocycles. The van der Waals surface area contributed by atoms with Crippen LogP contribution in [0.2, 0.25) is 0 Å². The van der Waals surface area contributed by atoms with Crippen LogP contribution >= 0.6 is 0 Å². The molecule has 11 nitrogen and oxygen atoms in total. The molecule has 0 bridgehead atoms. The van der Waals surface area contributed by atoms with Crippen LogP contribution < -0.4 is 21.7 Å². The number of halogens is 3. The Labute approximate surface area is 190 Å². The third kappa shape index (κ3) is 5.51. The predicted molar refractivity (Wildman–Crippen MR) is 114 cm³/mol. The number of nitrogens with zero attached hydrogens (tertiary/aromatic N) is 4. The fourth-order valence-corrected chi connectivity index (χ4v) is 3.47. The number of alkyl halides is 3. The maximum absolute atomic E-state index is 12.7. The summed E-state index contributed by atoms with van der Waals surface area (Å²) in [6.45, 7) is 0.362. The summed E-state index contributed by atoms with van der Waals surface area (Å²) in [7, 11) is 0. The van der Waals surface area contributed by atoms with Crippen molar-refractivity contribution in [1.29, 1.82) is 0 Å². The average molecular weight is 478 g/mol. The molecule has 3 aromatic rings. The van der Waals surface area contributed by atoms with Gasteiger partial charge in [-0.25, -0.2) is 9.97 Å². The molecule has 2 amide bonds. The number of piperidine rings is 1. The van der Waals surface area contributed by atoms with Crippen LogP contribution in [0.25, 0.3) is 11.5 Å². The van der Waals surface area contributed by atoms with E-state index in [1.807, 2.05) is 0 Å². The van der Waals surface area contributed by atoms with Gasteiger partial charge in [0.05, 0.1) is 11.7 Å². The van der Waals surface area contributed by atoms with Crippen LogP contribution in [0.15, 0.2) is 35.2 Å². The van der Waals surface area contributed by atoms with E-state index < -0.39 is 24.5 Å². The zero-order valence-corrected chi connectivity index (χ0v) is 17.7. The normalized spacial score (nSPS) is 14.7. The maximum Gasteiger partial charge on any atom is 0.405 e. The van der Waals surface area contributed by atoms with Gasteiger partial charge in [-0.05, 0) is 38.1 Å². The summed E-state index contributed by atoms with van der Waals surface area (Å²) >= 11 is 0. The molecule has 0 saturated carbocycles. The van der Waals surface area contributed by atoms with Crippen LogP contribution in [0.4, 0.5) is 24.7 Å². The fourth-order valence-electron chi connectivity index (χ4n) is 3.47. The number of anilines is 2. The smallest absolute Gasteiger partial charge is 0.405 e. The SMILES string of the molecule is NC(=O)c1nn(C2CCNCC2)cc1NC(=O)c1coc(-c2ccnc(NCC(F)(F)F)c2)n1. The summed E-state index contributed by atoms with van der Waals surface area (Å²) in [5.74, 6) is -1.50. The van der Waals surface area contributed by atoms with E-state index in [4.69, 9.17) is 10.2 Å². The Balaban J connectivity index is 1.49. The molecule has 34 heavy (non-hydrogen) atoms. The molecule has 0 unspecified atom stereocenters. The number of primary amides is 1. The Morgan fingerprint density at radius 2 is 2.06 bits per heavy atom. The molecule has 4 heterocycles. The van der Waals surface area contributed by atoms with Gasteiger partial charge < -0.3 is 26.1 Å². The third-order valence-corrected chi connectivity index (χ3v) is 5.11. The monoisotopic (exact) mass is 478 g/mol. The van der Waals surface area contributed by atoms with Crippen molar-refractivity contribution >= 4 is 23.3 Å². The highest BCUT2D eigenvalue weighted by Gasteiger charge is 2.27. The first-order valence-corrected chi connectivity index (χ1v) is 10.3. The Bertz CT molecular complexity index is 1180. The second kappa shape index (κ2) is 9.51. The van der Waals surface area contributed by atoms with Gasteiger partial charge in [-0.3, -0.25) is 14.3 Å². The van der Waals surface area contributed by atoms with Crippen molar-refractivity contribution in [3.8, 4) is 11.5 Å². The zero-order chi connectivity index (χ0) is 24.3. The molecule has 1 aliphatic rings. The summed E-state index contributed by atoms with van der Waals surface area (Å²) in [4.78, 5) is 32.5. The molecule has 1 saturated heterocycles. The van der Waals surface area contributed by atoms with Crippen LogP contribution in [0.3, 0.4) is 0 Å². The van der Waals surface area contributed by atoms with E-state index in [0.29, 0.717) is 5.56 Å². The molecule has 0 atom stereocenters. The molecule has 0 aromatic carbocycles. The van der Waals surface area contributed by atoms with E-state index >= 15 is 0 Å². The summed E-state index contributed by atoms with van der Waals surface area (Å²) in [6, 6.07) is 2.85. The lowest BCUT2D eigenvalue weighted by molar-refractivity contribution is -0.115. The third-order valence-electron chi connectivity index (χ3n) is 5.11. The van der Waals surface area contributed by atoms with Crippen LogP contribution in [0.5, 0.6) is 0 Å². The van der Waals surface area contributed by atoms with Gasteiger partial charge in [0, 0.05) is 18.0 Å². The number of hydrogen-bond acceptors (Lipinski definition) is 8. The number of carbonyl (C=O) groups is 2. The molecule has 5 N–H and O–H groups in total. The van der Waals surface area contributed by atoms with Crippen LogP contribution in [-0.2, 0) is 0 Å². The molecule has 0 aliphatic carbocycles. The fraction of sp³-hybridized carbons (Fsp3) is 0.350. The van der Waals surface area contributed by atoms with Crippen molar-refractivity contribution in [2.45, 2.75) is 25.1 Å². The van der Waals surface area contributed by atoms with Gasteiger partial charge in [0.2, 0.25) is 5.89 Å². The summed E-state index contributed by atoms with van der Waals surface area (Å²) in [5.41, 5.74) is 5.69. The molecule has 0 spiro atoms. The number of nitrogens with two attached hydrogens (primary N) is 1. The quantitative estimate of drug-likeness (QED) is 0.403. The molecular formula is C20H21F3N8O3. The average Bonchev–Trinajstić information content (AvgIpc) is 3.46. The van der Waals surface area contributed by atoms with Gasteiger partial charge in [-0.2, -0.15) is 18.3 Å². The van der Waals surface area contributed by atoms with Crippen molar-refractivity contribution in [2.75, 3.05) is 30.3 Å². The van der Waals surface area contributed by atoms with Crippen LogP contribution in [0, 0.1) is 0 Å². The second-order valence-electron chi connectivity index (χ2n) is 7.61. The minimum absolute atomic E-state index is 0.00290. The van der Waals surface area contributed by atoms with Crippen molar-refractivity contribution in [3.05, 3.63) is 42.2 Å². The first-order valence-electron chi connectivity index (χ1n) is 10.3. The first-order chi connectivity index (χ1) is 16.2. The highest BCUT2D eigenvalue weighted by Crippen LogP contribution is 2.25. The standard InChI is InChI=1S/C20H21F3N8O3/c21-20(22,23)10-27-15-7-11(1-6-26-15)19-29-14(9-34-19)18(33)28-13-8-31(30-16(13)17(24)32)12-2-4-25-5-3-12/h1,6-9,12,25H,2-5,10H2,(H2,24,32)(H,26,27)(H,28,33). The number of rotatable bonds is 7. The largest absolute Gasteiger partial charge is 0.444 e. The summed E-state index contributed by atoms with van der Waals surface area (Å²) in [6.07, 6.45) is 1.15. The molecular weight excluding hydrogens is 457 g/mol. The second-order valence-corrected chi connectivity index (χ2v) is 7.61. The van der Waals surface area contributed by atoms with Gasteiger partial charge in [0.15, 0.2) is 11.4 Å². The number of carbonyl (C=O) groups excluding carboxylic acids is 2. The minimum atomic E-state index is -4.41. The van der Waals surface area contributed by atoms with Crippen LogP contribution in [0.1, 0.15) is 39.9 Å². The Hall–Kier alpha value is -3.94. The Morgan fingerprint density at radius 1 is 1.29 bits per heavy atom. The van der Waals surface area contributed by atoms with Gasteiger partial charge in [0.25, 0.3) is 11.8 Å². The van der Waals surface area contributed by atoms with Gasteiger partial charge in [-0.15, -0.1) is 0 Å². The highest BCUT2D eigenvalue weighted by atomic mass is 19.4.